The predicted octanol–water partition coefficient (Wildman–Crippen LogP) is 3.48. The van der Waals surface area contributed by atoms with Gasteiger partial charge in [-0.2, -0.15) is 0 Å². The molecule has 2 aromatic rings. The van der Waals surface area contributed by atoms with Crippen LogP contribution in [0.5, 0.6) is 5.75 Å². The van der Waals surface area contributed by atoms with Gasteiger partial charge in [0.05, 0.1) is 11.6 Å². The molecule has 0 spiro atoms. The summed E-state index contributed by atoms with van der Waals surface area (Å²) in [5.74, 6) is -0.262. The number of carboxylic acid groups (broad SMARTS) is 1. The number of benzene rings is 2. The van der Waals surface area contributed by atoms with Gasteiger partial charge in [-0.05, 0) is 37.6 Å². The summed E-state index contributed by atoms with van der Waals surface area (Å²) in [5.41, 5.74) is 3.68. The Kier molecular flexibility index (Phi) is 3.75. The van der Waals surface area contributed by atoms with Gasteiger partial charge in [0, 0.05) is 17.8 Å². The molecule has 0 saturated carbocycles. The second-order valence-corrected chi connectivity index (χ2v) is 5.70. The van der Waals surface area contributed by atoms with E-state index in [4.69, 9.17) is 9.84 Å². The Balaban J connectivity index is 1.98. The van der Waals surface area contributed by atoms with Gasteiger partial charge in [-0.25, -0.2) is 4.79 Å². The highest BCUT2D eigenvalue weighted by atomic mass is 16.5. The zero-order chi connectivity index (χ0) is 15.7. The van der Waals surface area contributed by atoms with E-state index in [1.807, 2.05) is 18.2 Å². The van der Waals surface area contributed by atoms with Crippen LogP contribution in [0.25, 0.3) is 0 Å². The zero-order valence-electron chi connectivity index (χ0n) is 12.7. The molecule has 1 heterocycles. The molecule has 0 saturated heterocycles. The number of nitrogens with zero attached hydrogens (tertiary/aromatic N) is 1. The number of hydrogen-bond acceptors (Lipinski definition) is 3. The van der Waals surface area contributed by atoms with Gasteiger partial charge >= 0.3 is 5.97 Å². The predicted molar refractivity (Wildman–Crippen MR) is 85.7 cm³/mol. The Bertz CT molecular complexity index is 711. The minimum atomic E-state index is -0.931. The minimum Gasteiger partial charge on any atom is -0.491 e. The van der Waals surface area contributed by atoms with Gasteiger partial charge in [-0.1, -0.05) is 24.3 Å². The highest BCUT2D eigenvalue weighted by Gasteiger charge is 2.23. The standard InChI is InChI=1S/C18H19NO3/c1-12-5-3-4-6-16(12)19-10-15-8-7-14(18(20)21)9-17(15)22-11-13(19)2/h3-9,13H,10-11H2,1-2H3,(H,20,21). The normalized spacial score (nSPS) is 17.4. The van der Waals surface area contributed by atoms with Crippen LogP contribution >= 0.6 is 0 Å². The first-order chi connectivity index (χ1) is 10.6. The van der Waals surface area contributed by atoms with Crippen LogP contribution in [0.15, 0.2) is 42.5 Å². The van der Waals surface area contributed by atoms with Crippen molar-refractivity contribution in [3.8, 4) is 5.75 Å². The fourth-order valence-corrected chi connectivity index (χ4v) is 2.80. The number of fused-ring (bicyclic) bond motifs is 1. The summed E-state index contributed by atoms with van der Waals surface area (Å²) in [5, 5.41) is 9.11. The molecule has 1 N–H and O–H groups in total. The van der Waals surface area contributed by atoms with Crippen molar-refractivity contribution in [1.29, 1.82) is 0 Å². The fraction of sp³-hybridized carbons (Fsp3) is 0.278. The first-order valence-corrected chi connectivity index (χ1v) is 7.37. The van der Waals surface area contributed by atoms with Crippen molar-refractivity contribution in [3.63, 3.8) is 0 Å². The van der Waals surface area contributed by atoms with Crippen LogP contribution in [0.1, 0.15) is 28.4 Å². The van der Waals surface area contributed by atoms with E-state index in [0.29, 0.717) is 18.9 Å². The lowest BCUT2D eigenvalue weighted by Crippen LogP contribution is -2.35. The second kappa shape index (κ2) is 5.72. The maximum atomic E-state index is 11.1. The van der Waals surface area contributed by atoms with E-state index in [1.165, 1.54) is 11.3 Å². The van der Waals surface area contributed by atoms with Crippen molar-refractivity contribution < 1.29 is 14.6 Å². The van der Waals surface area contributed by atoms with Gasteiger partial charge in [0.2, 0.25) is 0 Å². The largest absolute Gasteiger partial charge is 0.491 e. The molecular weight excluding hydrogens is 278 g/mol. The molecule has 0 aliphatic carbocycles. The van der Waals surface area contributed by atoms with Crippen LogP contribution in [0, 0.1) is 6.92 Å². The number of aromatic carboxylic acids is 1. The van der Waals surface area contributed by atoms with E-state index in [9.17, 15) is 4.79 Å². The molecule has 1 aliphatic rings. The molecule has 3 rings (SSSR count). The van der Waals surface area contributed by atoms with Gasteiger partial charge in [0.25, 0.3) is 0 Å². The topological polar surface area (TPSA) is 49.8 Å². The Morgan fingerprint density at radius 3 is 2.77 bits per heavy atom. The van der Waals surface area contributed by atoms with E-state index in [2.05, 4.69) is 30.9 Å². The summed E-state index contributed by atoms with van der Waals surface area (Å²) in [6, 6.07) is 13.6. The maximum Gasteiger partial charge on any atom is 0.335 e. The molecule has 4 heteroatoms. The number of carbonyl (C=O) groups is 1. The average molecular weight is 297 g/mol. The van der Waals surface area contributed by atoms with Crippen LogP contribution in [-0.4, -0.2) is 23.7 Å². The van der Waals surface area contributed by atoms with Crippen LogP contribution in [0.4, 0.5) is 5.69 Å². The van der Waals surface area contributed by atoms with Crippen molar-refractivity contribution in [2.75, 3.05) is 11.5 Å². The third-order valence-corrected chi connectivity index (χ3v) is 4.09. The highest BCUT2D eigenvalue weighted by Crippen LogP contribution is 2.31. The van der Waals surface area contributed by atoms with Gasteiger partial charge in [-0.15, -0.1) is 0 Å². The third-order valence-electron chi connectivity index (χ3n) is 4.09. The number of hydrogen-bond donors (Lipinski definition) is 1. The quantitative estimate of drug-likeness (QED) is 0.922. The fourth-order valence-electron chi connectivity index (χ4n) is 2.80. The first kappa shape index (κ1) is 14.4. The van der Waals surface area contributed by atoms with E-state index >= 15 is 0 Å². The lowest BCUT2D eigenvalue weighted by molar-refractivity contribution is 0.0696. The van der Waals surface area contributed by atoms with E-state index in [1.54, 1.807) is 12.1 Å². The van der Waals surface area contributed by atoms with E-state index in [-0.39, 0.29) is 11.6 Å². The second-order valence-electron chi connectivity index (χ2n) is 5.70. The van der Waals surface area contributed by atoms with Gasteiger partial charge in [-0.3, -0.25) is 0 Å². The van der Waals surface area contributed by atoms with Crippen LogP contribution in [-0.2, 0) is 6.54 Å². The molecular formula is C18H19NO3. The number of para-hydroxylation sites is 1. The number of aryl methyl sites for hydroxylation is 1. The smallest absolute Gasteiger partial charge is 0.335 e. The monoisotopic (exact) mass is 297 g/mol. The lowest BCUT2D eigenvalue weighted by Gasteiger charge is -2.30. The van der Waals surface area contributed by atoms with Crippen LogP contribution < -0.4 is 9.64 Å². The van der Waals surface area contributed by atoms with Crippen molar-refractivity contribution >= 4 is 11.7 Å². The number of carboxylic acids is 1. The summed E-state index contributed by atoms with van der Waals surface area (Å²) in [6.45, 7) is 5.46. The molecule has 0 bridgehead atoms. The molecule has 0 radical (unpaired) electrons. The molecule has 1 aliphatic heterocycles. The molecule has 0 aromatic heterocycles. The minimum absolute atomic E-state index is 0.210. The molecule has 0 amide bonds. The number of rotatable bonds is 2. The Morgan fingerprint density at radius 2 is 2.05 bits per heavy atom. The van der Waals surface area contributed by atoms with Crippen molar-refractivity contribution in [1.82, 2.24) is 0 Å². The Labute approximate surface area is 130 Å². The SMILES string of the molecule is Cc1ccccc1N1Cc2ccc(C(=O)O)cc2OCC1C. The van der Waals surface area contributed by atoms with Crippen molar-refractivity contribution in [2.24, 2.45) is 0 Å². The van der Waals surface area contributed by atoms with Crippen LogP contribution in [0.2, 0.25) is 0 Å². The lowest BCUT2D eigenvalue weighted by atomic mass is 10.1. The Hall–Kier alpha value is -2.49. The Morgan fingerprint density at radius 1 is 1.27 bits per heavy atom. The number of anilines is 1. The van der Waals surface area contributed by atoms with Crippen LogP contribution in [0.3, 0.4) is 0 Å². The first-order valence-electron chi connectivity index (χ1n) is 7.37. The molecule has 2 aromatic carbocycles. The molecule has 0 fully saturated rings. The average Bonchev–Trinajstić information content (AvgIpc) is 2.67. The maximum absolute atomic E-state index is 11.1. The zero-order valence-corrected chi connectivity index (χ0v) is 12.7. The third kappa shape index (κ3) is 2.64. The summed E-state index contributed by atoms with van der Waals surface area (Å²) in [6.07, 6.45) is 0. The molecule has 1 unspecified atom stereocenters. The van der Waals surface area contributed by atoms with E-state index < -0.39 is 5.97 Å². The number of ether oxygens (including phenoxy) is 1. The van der Waals surface area contributed by atoms with Gasteiger partial charge < -0.3 is 14.7 Å². The molecule has 1 atom stereocenters. The summed E-state index contributed by atoms with van der Waals surface area (Å²) < 4.78 is 5.84. The summed E-state index contributed by atoms with van der Waals surface area (Å²) >= 11 is 0. The van der Waals surface area contributed by atoms with Gasteiger partial charge in [0.1, 0.15) is 12.4 Å². The summed E-state index contributed by atoms with van der Waals surface area (Å²) in [7, 11) is 0. The molecule has 22 heavy (non-hydrogen) atoms. The molecule has 114 valence electrons. The van der Waals surface area contributed by atoms with Crippen molar-refractivity contribution in [3.05, 3.63) is 59.2 Å². The summed E-state index contributed by atoms with van der Waals surface area (Å²) in [4.78, 5) is 13.4. The van der Waals surface area contributed by atoms with Crippen molar-refractivity contribution in [2.45, 2.75) is 26.4 Å². The van der Waals surface area contributed by atoms with Gasteiger partial charge in [0.15, 0.2) is 0 Å². The molecule has 4 nitrogen and oxygen atoms in total. The highest BCUT2D eigenvalue weighted by molar-refractivity contribution is 5.88. The van der Waals surface area contributed by atoms with E-state index in [0.717, 1.165) is 5.56 Å².